The number of amides is 1. The SMILES string of the molecule is CCCC(=O)NC(CC)c1cccc(OC)c1. The zero-order valence-corrected chi connectivity index (χ0v) is 10.8. The van der Waals surface area contributed by atoms with Gasteiger partial charge in [-0.25, -0.2) is 0 Å². The summed E-state index contributed by atoms with van der Waals surface area (Å²) >= 11 is 0. The predicted molar refractivity (Wildman–Crippen MR) is 69.1 cm³/mol. The van der Waals surface area contributed by atoms with Crippen LogP contribution in [0.1, 0.15) is 44.7 Å². The molecule has 0 heterocycles. The Morgan fingerprint density at radius 3 is 2.76 bits per heavy atom. The molecular formula is C14H21NO2. The van der Waals surface area contributed by atoms with Crippen molar-refractivity contribution in [2.45, 2.75) is 39.2 Å². The highest BCUT2D eigenvalue weighted by Crippen LogP contribution is 2.21. The Morgan fingerprint density at radius 1 is 1.41 bits per heavy atom. The van der Waals surface area contributed by atoms with E-state index in [1.807, 2.05) is 31.2 Å². The predicted octanol–water partition coefficient (Wildman–Crippen LogP) is 3.06. The number of ether oxygens (including phenoxy) is 1. The van der Waals surface area contributed by atoms with Crippen LogP contribution in [0.15, 0.2) is 24.3 Å². The van der Waals surface area contributed by atoms with Gasteiger partial charge in [0.1, 0.15) is 5.75 Å². The molecule has 0 radical (unpaired) electrons. The van der Waals surface area contributed by atoms with E-state index in [1.165, 1.54) is 0 Å². The largest absolute Gasteiger partial charge is 0.497 e. The summed E-state index contributed by atoms with van der Waals surface area (Å²) in [5.74, 6) is 0.938. The van der Waals surface area contributed by atoms with E-state index in [2.05, 4.69) is 12.2 Å². The number of carbonyl (C=O) groups is 1. The van der Waals surface area contributed by atoms with Gasteiger partial charge in [0.25, 0.3) is 0 Å². The summed E-state index contributed by atoms with van der Waals surface area (Å²) in [6.45, 7) is 4.07. The molecule has 0 spiro atoms. The van der Waals surface area contributed by atoms with Crippen molar-refractivity contribution in [3.8, 4) is 5.75 Å². The van der Waals surface area contributed by atoms with E-state index >= 15 is 0 Å². The molecule has 1 aromatic rings. The average molecular weight is 235 g/mol. The highest BCUT2D eigenvalue weighted by atomic mass is 16.5. The maximum Gasteiger partial charge on any atom is 0.220 e. The molecule has 1 unspecified atom stereocenters. The molecule has 1 amide bonds. The van der Waals surface area contributed by atoms with Crippen molar-refractivity contribution in [2.24, 2.45) is 0 Å². The maximum absolute atomic E-state index is 11.6. The molecule has 0 saturated heterocycles. The van der Waals surface area contributed by atoms with Crippen LogP contribution in [0.5, 0.6) is 5.75 Å². The highest BCUT2D eigenvalue weighted by Gasteiger charge is 2.12. The minimum Gasteiger partial charge on any atom is -0.497 e. The minimum atomic E-state index is 0.0733. The second-order valence-electron chi connectivity index (χ2n) is 4.05. The first kappa shape index (κ1) is 13.6. The summed E-state index contributed by atoms with van der Waals surface area (Å²) < 4.78 is 5.19. The summed E-state index contributed by atoms with van der Waals surface area (Å²) in [6.07, 6.45) is 2.34. The molecule has 3 heteroatoms. The summed E-state index contributed by atoms with van der Waals surface area (Å²) in [5.41, 5.74) is 1.09. The number of hydrogen-bond acceptors (Lipinski definition) is 2. The van der Waals surface area contributed by atoms with Crippen molar-refractivity contribution in [3.05, 3.63) is 29.8 Å². The second kappa shape index (κ2) is 6.94. The Hall–Kier alpha value is -1.51. The summed E-state index contributed by atoms with van der Waals surface area (Å²) in [5, 5.41) is 3.04. The number of benzene rings is 1. The molecule has 0 saturated carbocycles. The van der Waals surface area contributed by atoms with Crippen molar-refractivity contribution in [2.75, 3.05) is 7.11 Å². The van der Waals surface area contributed by atoms with Crippen LogP contribution in [0, 0.1) is 0 Å². The first-order valence-electron chi connectivity index (χ1n) is 6.14. The van der Waals surface area contributed by atoms with Gasteiger partial charge >= 0.3 is 0 Å². The van der Waals surface area contributed by atoms with Crippen LogP contribution in [0.4, 0.5) is 0 Å². The standard InChI is InChI=1S/C14H21NO2/c1-4-7-14(16)15-13(5-2)11-8-6-9-12(10-11)17-3/h6,8-10,13H,4-5,7H2,1-3H3,(H,15,16). The van der Waals surface area contributed by atoms with Gasteiger partial charge in [-0.3, -0.25) is 4.79 Å². The van der Waals surface area contributed by atoms with Crippen LogP contribution in [0.25, 0.3) is 0 Å². The van der Waals surface area contributed by atoms with Crippen LogP contribution in [0.2, 0.25) is 0 Å². The first-order valence-corrected chi connectivity index (χ1v) is 6.14. The monoisotopic (exact) mass is 235 g/mol. The number of carbonyl (C=O) groups excluding carboxylic acids is 1. The van der Waals surface area contributed by atoms with Crippen LogP contribution in [-0.4, -0.2) is 13.0 Å². The third-order valence-electron chi connectivity index (χ3n) is 2.72. The fraction of sp³-hybridized carbons (Fsp3) is 0.500. The lowest BCUT2D eigenvalue weighted by Gasteiger charge is -2.18. The molecule has 1 atom stereocenters. The van der Waals surface area contributed by atoms with Crippen molar-refractivity contribution in [1.82, 2.24) is 5.32 Å². The van der Waals surface area contributed by atoms with Gasteiger partial charge in [-0.2, -0.15) is 0 Å². The summed E-state index contributed by atoms with van der Waals surface area (Å²) in [7, 11) is 1.65. The van der Waals surface area contributed by atoms with Gasteiger partial charge < -0.3 is 10.1 Å². The van der Waals surface area contributed by atoms with Crippen molar-refractivity contribution >= 4 is 5.91 Å². The average Bonchev–Trinajstić information content (AvgIpc) is 2.36. The Morgan fingerprint density at radius 2 is 2.18 bits per heavy atom. The van der Waals surface area contributed by atoms with E-state index in [9.17, 15) is 4.79 Å². The molecular weight excluding hydrogens is 214 g/mol. The van der Waals surface area contributed by atoms with Gasteiger partial charge in [0.05, 0.1) is 13.2 Å². The van der Waals surface area contributed by atoms with Crippen LogP contribution in [0.3, 0.4) is 0 Å². The number of hydrogen-bond donors (Lipinski definition) is 1. The van der Waals surface area contributed by atoms with Crippen LogP contribution in [-0.2, 0) is 4.79 Å². The van der Waals surface area contributed by atoms with Gasteiger partial charge in [0.15, 0.2) is 0 Å². The zero-order valence-electron chi connectivity index (χ0n) is 10.8. The van der Waals surface area contributed by atoms with Crippen molar-refractivity contribution in [3.63, 3.8) is 0 Å². The van der Waals surface area contributed by atoms with Gasteiger partial charge in [-0.1, -0.05) is 26.0 Å². The smallest absolute Gasteiger partial charge is 0.220 e. The molecule has 94 valence electrons. The normalized spacial score (nSPS) is 11.9. The molecule has 0 fully saturated rings. The van der Waals surface area contributed by atoms with E-state index in [-0.39, 0.29) is 11.9 Å². The fourth-order valence-electron chi connectivity index (χ4n) is 1.77. The molecule has 3 nitrogen and oxygen atoms in total. The molecule has 0 aliphatic heterocycles. The lowest BCUT2D eigenvalue weighted by atomic mass is 10.0. The molecule has 1 rings (SSSR count). The van der Waals surface area contributed by atoms with Crippen LogP contribution >= 0.6 is 0 Å². The Kier molecular flexibility index (Phi) is 5.53. The van der Waals surface area contributed by atoms with Gasteiger partial charge in [0, 0.05) is 6.42 Å². The Labute approximate surface area is 103 Å². The third kappa shape index (κ3) is 4.10. The second-order valence-corrected chi connectivity index (χ2v) is 4.05. The quantitative estimate of drug-likeness (QED) is 0.823. The number of rotatable bonds is 6. The first-order chi connectivity index (χ1) is 8.21. The zero-order chi connectivity index (χ0) is 12.7. The van der Waals surface area contributed by atoms with E-state index in [4.69, 9.17) is 4.74 Å². The molecule has 17 heavy (non-hydrogen) atoms. The molecule has 0 aliphatic carbocycles. The van der Waals surface area contributed by atoms with E-state index < -0.39 is 0 Å². The minimum absolute atomic E-state index is 0.0733. The number of nitrogens with one attached hydrogen (secondary N) is 1. The molecule has 1 N–H and O–H groups in total. The Bertz CT molecular complexity index is 363. The lowest BCUT2D eigenvalue weighted by Crippen LogP contribution is -2.27. The van der Waals surface area contributed by atoms with E-state index in [0.717, 1.165) is 24.2 Å². The topological polar surface area (TPSA) is 38.3 Å². The van der Waals surface area contributed by atoms with Gasteiger partial charge in [0.2, 0.25) is 5.91 Å². The maximum atomic E-state index is 11.6. The van der Waals surface area contributed by atoms with Gasteiger partial charge in [-0.15, -0.1) is 0 Å². The third-order valence-corrected chi connectivity index (χ3v) is 2.72. The Balaban J connectivity index is 2.74. The fourth-order valence-corrected chi connectivity index (χ4v) is 1.77. The summed E-state index contributed by atoms with van der Waals surface area (Å²) in [4.78, 5) is 11.6. The number of methoxy groups -OCH3 is 1. The van der Waals surface area contributed by atoms with E-state index in [0.29, 0.717) is 6.42 Å². The van der Waals surface area contributed by atoms with E-state index in [1.54, 1.807) is 7.11 Å². The highest BCUT2D eigenvalue weighted by molar-refractivity contribution is 5.76. The molecule has 1 aromatic carbocycles. The van der Waals surface area contributed by atoms with Crippen molar-refractivity contribution < 1.29 is 9.53 Å². The molecule has 0 aromatic heterocycles. The lowest BCUT2D eigenvalue weighted by molar-refractivity contribution is -0.121. The van der Waals surface area contributed by atoms with Crippen molar-refractivity contribution in [1.29, 1.82) is 0 Å². The van der Waals surface area contributed by atoms with Gasteiger partial charge in [-0.05, 0) is 30.5 Å². The summed E-state index contributed by atoms with van der Waals surface area (Å²) in [6, 6.07) is 7.92. The molecule has 0 bridgehead atoms. The molecule has 0 aliphatic rings. The van der Waals surface area contributed by atoms with Crippen LogP contribution < -0.4 is 10.1 Å².